The zero-order chi connectivity index (χ0) is 18.7. The third-order valence-corrected chi connectivity index (χ3v) is 5.92. The van der Waals surface area contributed by atoms with E-state index >= 15 is 0 Å². The van der Waals surface area contributed by atoms with Gasteiger partial charge >= 0.3 is 0 Å². The average molecular weight is 377 g/mol. The fraction of sp³-hybridized carbons (Fsp3) is 0.294. The predicted octanol–water partition coefficient (Wildman–Crippen LogP) is 1.78. The fourth-order valence-corrected chi connectivity index (χ4v) is 4.55. The first-order valence-electron chi connectivity index (χ1n) is 8.05. The van der Waals surface area contributed by atoms with Crippen LogP contribution < -0.4 is 10.6 Å². The van der Waals surface area contributed by atoms with Gasteiger partial charge in [-0.15, -0.1) is 0 Å². The van der Waals surface area contributed by atoms with E-state index in [0.717, 1.165) is 16.9 Å². The number of hydrogen-bond donors (Lipinski definition) is 3. The van der Waals surface area contributed by atoms with Gasteiger partial charge in [-0.05, 0) is 29.8 Å². The zero-order valence-corrected chi connectivity index (χ0v) is 14.6. The molecule has 1 heterocycles. The highest BCUT2D eigenvalue weighted by Crippen LogP contribution is 2.20. The van der Waals surface area contributed by atoms with Crippen LogP contribution in [0.1, 0.15) is 5.56 Å². The number of aliphatic hydroxyl groups is 1. The van der Waals surface area contributed by atoms with Crippen molar-refractivity contribution in [3.63, 3.8) is 0 Å². The molecule has 1 aliphatic rings. The van der Waals surface area contributed by atoms with Gasteiger partial charge in [-0.3, -0.25) is 10.1 Å². The van der Waals surface area contributed by atoms with Crippen molar-refractivity contribution >= 4 is 26.9 Å². The first-order chi connectivity index (χ1) is 12.3. The summed E-state index contributed by atoms with van der Waals surface area (Å²) in [4.78, 5) is 10.2. The topological polar surface area (TPSA) is 122 Å². The highest BCUT2D eigenvalue weighted by molar-refractivity contribution is 7.91. The van der Waals surface area contributed by atoms with Gasteiger partial charge in [-0.25, -0.2) is 8.42 Å². The molecule has 1 saturated heterocycles. The number of nitrogens with one attached hydrogen (secondary N) is 2. The highest BCUT2D eigenvalue weighted by Gasteiger charge is 2.36. The lowest BCUT2D eigenvalue weighted by Gasteiger charge is -2.16. The van der Waals surface area contributed by atoms with E-state index in [4.69, 9.17) is 0 Å². The Kier molecular flexibility index (Phi) is 5.10. The largest absolute Gasteiger partial charge is 0.390 e. The van der Waals surface area contributed by atoms with Crippen molar-refractivity contribution in [3.05, 3.63) is 64.2 Å². The number of rotatable bonds is 6. The van der Waals surface area contributed by atoms with Crippen LogP contribution in [0, 0.1) is 10.1 Å². The van der Waals surface area contributed by atoms with Gasteiger partial charge in [-0.2, -0.15) is 0 Å². The van der Waals surface area contributed by atoms with Crippen molar-refractivity contribution in [1.82, 2.24) is 0 Å². The molecular weight excluding hydrogens is 358 g/mol. The van der Waals surface area contributed by atoms with Gasteiger partial charge in [0.25, 0.3) is 5.69 Å². The summed E-state index contributed by atoms with van der Waals surface area (Å²) < 4.78 is 23.1. The Morgan fingerprint density at radius 3 is 2.19 bits per heavy atom. The van der Waals surface area contributed by atoms with Gasteiger partial charge in [0.15, 0.2) is 9.84 Å². The molecule has 2 atom stereocenters. The van der Waals surface area contributed by atoms with Crippen molar-refractivity contribution in [2.75, 3.05) is 22.1 Å². The molecule has 0 unspecified atom stereocenters. The Morgan fingerprint density at radius 1 is 1.04 bits per heavy atom. The molecule has 2 aromatic carbocycles. The third-order valence-electron chi connectivity index (χ3n) is 4.20. The van der Waals surface area contributed by atoms with Crippen LogP contribution in [0.5, 0.6) is 0 Å². The van der Waals surface area contributed by atoms with E-state index in [-0.39, 0.29) is 17.2 Å². The summed E-state index contributed by atoms with van der Waals surface area (Å²) in [6, 6.07) is 13.1. The van der Waals surface area contributed by atoms with Crippen molar-refractivity contribution in [2.24, 2.45) is 0 Å². The summed E-state index contributed by atoms with van der Waals surface area (Å²) in [6.45, 7) is 0.518. The van der Waals surface area contributed by atoms with Crippen molar-refractivity contribution in [3.8, 4) is 0 Å². The van der Waals surface area contributed by atoms with Crippen LogP contribution in [0.4, 0.5) is 17.1 Å². The first kappa shape index (κ1) is 18.2. The van der Waals surface area contributed by atoms with Gasteiger partial charge < -0.3 is 15.7 Å². The number of nitrogens with zero attached hydrogens (tertiary/aromatic N) is 1. The van der Waals surface area contributed by atoms with Crippen LogP contribution in [-0.4, -0.2) is 42.1 Å². The van der Waals surface area contributed by atoms with Crippen LogP contribution in [-0.2, 0) is 16.4 Å². The maximum absolute atomic E-state index is 11.5. The van der Waals surface area contributed by atoms with Gasteiger partial charge in [0.05, 0.1) is 28.6 Å². The van der Waals surface area contributed by atoms with E-state index in [1.807, 2.05) is 12.1 Å². The molecule has 8 nitrogen and oxygen atoms in total. The molecule has 0 radical (unpaired) electrons. The minimum Gasteiger partial charge on any atom is -0.390 e. The second-order valence-electron chi connectivity index (χ2n) is 6.25. The maximum atomic E-state index is 11.5. The molecule has 1 fully saturated rings. The molecular formula is C17H19N3O5S. The minimum absolute atomic E-state index is 0.0558. The molecule has 3 N–H and O–H groups in total. The van der Waals surface area contributed by atoms with E-state index in [9.17, 15) is 23.6 Å². The smallest absolute Gasteiger partial charge is 0.269 e. The molecule has 3 rings (SSSR count). The van der Waals surface area contributed by atoms with E-state index in [1.165, 1.54) is 12.1 Å². The highest BCUT2D eigenvalue weighted by atomic mass is 32.2. The lowest BCUT2D eigenvalue weighted by molar-refractivity contribution is -0.384. The zero-order valence-electron chi connectivity index (χ0n) is 13.8. The summed E-state index contributed by atoms with van der Waals surface area (Å²) in [5.74, 6) is -0.284. The molecule has 0 aliphatic carbocycles. The number of nitro groups is 1. The molecule has 1 aliphatic heterocycles. The monoisotopic (exact) mass is 377 g/mol. The molecule has 138 valence electrons. The average Bonchev–Trinajstić information content (AvgIpc) is 2.86. The Hall–Kier alpha value is -2.65. The lowest BCUT2D eigenvalue weighted by atomic mass is 10.2. The molecule has 0 spiro atoms. The number of aliphatic hydroxyl groups excluding tert-OH is 1. The molecule has 2 aromatic rings. The van der Waals surface area contributed by atoms with Crippen molar-refractivity contribution in [2.45, 2.75) is 18.7 Å². The minimum atomic E-state index is -3.19. The number of sulfone groups is 1. The van der Waals surface area contributed by atoms with E-state index in [1.54, 1.807) is 24.3 Å². The number of nitro benzene ring substituents is 1. The Labute approximate surface area is 150 Å². The molecule has 26 heavy (non-hydrogen) atoms. The van der Waals surface area contributed by atoms with Crippen molar-refractivity contribution in [1.29, 1.82) is 0 Å². The van der Waals surface area contributed by atoms with E-state index in [2.05, 4.69) is 10.6 Å². The summed E-state index contributed by atoms with van der Waals surface area (Å²) in [5, 5.41) is 26.7. The second kappa shape index (κ2) is 7.30. The van der Waals surface area contributed by atoms with Crippen LogP contribution >= 0.6 is 0 Å². The van der Waals surface area contributed by atoms with E-state index < -0.39 is 26.9 Å². The molecule has 0 aromatic heterocycles. The number of benzene rings is 2. The normalized spacial score (nSPS) is 21.3. The van der Waals surface area contributed by atoms with Crippen LogP contribution in [0.3, 0.4) is 0 Å². The number of hydrogen-bond acceptors (Lipinski definition) is 7. The summed E-state index contributed by atoms with van der Waals surface area (Å²) >= 11 is 0. The van der Waals surface area contributed by atoms with Crippen molar-refractivity contribution < 1.29 is 18.4 Å². The SMILES string of the molecule is O=[N+]([O-])c1ccc(CNc2ccc(N[C@@H]3CS(=O)(=O)C[C@H]3O)cc2)cc1. The molecule has 0 saturated carbocycles. The summed E-state index contributed by atoms with van der Waals surface area (Å²) in [7, 11) is -3.19. The van der Waals surface area contributed by atoms with E-state index in [0.29, 0.717) is 6.54 Å². The number of anilines is 2. The molecule has 0 amide bonds. The summed E-state index contributed by atoms with van der Waals surface area (Å²) in [5.41, 5.74) is 2.55. The Morgan fingerprint density at radius 2 is 1.65 bits per heavy atom. The molecule has 0 bridgehead atoms. The third kappa shape index (κ3) is 4.50. The first-order valence-corrected chi connectivity index (χ1v) is 9.87. The fourth-order valence-electron chi connectivity index (χ4n) is 2.80. The van der Waals surface area contributed by atoms with Crippen LogP contribution in [0.2, 0.25) is 0 Å². The standard InChI is InChI=1S/C17H19N3O5S/c21-17-11-26(24,25)10-16(17)19-14-5-3-13(4-6-14)18-9-12-1-7-15(8-2-12)20(22)23/h1-8,16-19,21H,9-11H2/t16-,17-/m1/s1. The van der Waals surface area contributed by atoms with Gasteiger partial charge in [0.2, 0.25) is 0 Å². The van der Waals surface area contributed by atoms with Gasteiger partial charge in [-0.1, -0.05) is 12.1 Å². The number of non-ortho nitro benzene ring substituents is 1. The van der Waals surface area contributed by atoms with Crippen LogP contribution in [0.25, 0.3) is 0 Å². The lowest BCUT2D eigenvalue weighted by Crippen LogP contribution is -2.31. The maximum Gasteiger partial charge on any atom is 0.269 e. The molecule has 9 heteroatoms. The quantitative estimate of drug-likeness (QED) is 0.518. The van der Waals surface area contributed by atoms with Gasteiger partial charge in [0.1, 0.15) is 0 Å². The summed E-state index contributed by atoms with van der Waals surface area (Å²) in [6.07, 6.45) is -0.903. The predicted molar refractivity (Wildman–Crippen MR) is 98.9 cm³/mol. The Bertz CT molecular complexity index is 882. The van der Waals surface area contributed by atoms with Crippen LogP contribution in [0.15, 0.2) is 48.5 Å². The second-order valence-corrected chi connectivity index (χ2v) is 8.40. The Balaban J connectivity index is 1.55. The van der Waals surface area contributed by atoms with Gasteiger partial charge in [0, 0.05) is 30.1 Å².